The van der Waals surface area contributed by atoms with Gasteiger partial charge in [0.2, 0.25) is 0 Å². The molecule has 188 valence electrons. The van der Waals surface area contributed by atoms with Crippen LogP contribution in [0.4, 0.5) is 4.79 Å². The van der Waals surface area contributed by atoms with Crippen LogP contribution in [0, 0.1) is 0 Å². The highest BCUT2D eigenvalue weighted by Gasteiger charge is 2.24. The molecule has 1 aliphatic heterocycles. The van der Waals surface area contributed by atoms with Crippen LogP contribution in [-0.4, -0.2) is 57.0 Å². The van der Waals surface area contributed by atoms with Crippen molar-refractivity contribution >= 4 is 21.9 Å². The number of nitrogens with zero attached hydrogens (tertiary/aromatic N) is 1. The lowest BCUT2D eigenvalue weighted by atomic mass is 10.0. The van der Waals surface area contributed by atoms with Gasteiger partial charge in [0.05, 0.1) is 31.5 Å². The molecule has 1 heterocycles. The van der Waals surface area contributed by atoms with Crippen LogP contribution in [0.2, 0.25) is 0 Å². The van der Waals surface area contributed by atoms with E-state index in [9.17, 15) is 18.0 Å². The molecule has 10 heteroatoms. The summed E-state index contributed by atoms with van der Waals surface area (Å²) in [6, 6.07) is 16.7. The summed E-state index contributed by atoms with van der Waals surface area (Å²) in [5, 5.41) is 9.16. The number of hydrogen-bond acceptors (Lipinski definition) is 7. The summed E-state index contributed by atoms with van der Waals surface area (Å²) >= 11 is 0. The van der Waals surface area contributed by atoms with E-state index >= 15 is 0 Å². The van der Waals surface area contributed by atoms with Crippen molar-refractivity contribution in [1.82, 2.24) is 4.90 Å². The Morgan fingerprint density at radius 1 is 1.06 bits per heavy atom. The van der Waals surface area contributed by atoms with Crippen molar-refractivity contribution in [1.29, 1.82) is 0 Å². The molecule has 0 aromatic heterocycles. The van der Waals surface area contributed by atoms with Crippen molar-refractivity contribution in [3.63, 3.8) is 0 Å². The Kier molecular flexibility index (Phi) is 7.16. The number of methoxy groups -OCH3 is 1. The molecule has 0 atom stereocenters. The Hall–Kier alpha value is -4.05. The third-order valence-corrected chi connectivity index (χ3v) is 6.82. The van der Waals surface area contributed by atoms with Crippen LogP contribution in [0.15, 0.2) is 65.6 Å². The van der Waals surface area contributed by atoms with E-state index in [0.29, 0.717) is 46.0 Å². The summed E-state index contributed by atoms with van der Waals surface area (Å²) < 4.78 is 41.4. The number of rotatable bonds is 9. The van der Waals surface area contributed by atoms with Crippen molar-refractivity contribution in [2.75, 3.05) is 26.5 Å². The highest BCUT2D eigenvalue weighted by molar-refractivity contribution is 7.90. The van der Waals surface area contributed by atoms with Crippen LogP contribution in [0.3, 0.4) is 0 Å². The van der Waals surface area contributed by atoms with E-state index < -0.39 is 21.9 Å². The van der Waals surface area contributed by atoms with Crippen molar-refractivity contribution in [3.8, 4) is 28.4 Å². The molecule has 3 aromatic rings. The van der Waals surface area contributed by atoms with Gasteiger partial charge in [0, 0.05) is 17.4 Å². The zero-order chi connectivity index (χ0) is 25.9. The van der Waals surface area contributed by atoms with Gasteiger partial charge in [0.25, 0.3) is 0 Å². The maximum Gasteiger partial charge on any atom is 0.410 e. The second-order valence-electron chi connectivity index (χ2n) is 8.28. The highest BCUT2D eigenvalue weighted by atomic mass is 32.2. The Morgan fingerprint density at radius 3 is 2.47 bits per heavy atom. The van der Waals surface area contributed by atoms with Crippen LogP contribution < -0.4 is 9.47 Å². The zero-order valence-corrected chi connectivity index (χ0v) is 20.6. The summed E-state index contributed by atoms with van der Waals surface area (Å²) in [5.74, 6) is 0.141. The van der Waals surface area contributed by atoms with Gasteiger partial charge in [-0.25, -0.2) is 13.2 Å². The lowest BCUT2D eigenvalue weighted by Crippen LogP contribution is -2.23. The maximum atomic E-state index is 12.4. The third kappa shape index (κ3) is 5.60. The van der Waals surface area contributed by atoms with Crippen molar-refractivity contribution in [2.45, 2.75) is 17.9 Å². The molecule has 4 rings (SSSR count). The fourth-order valence-electron chi connectivity index (χ4n) is 3.98. The largest absolute Gasteiger partial charge is 0.493 e. The summed E-state index contributed by atoms with van der Waals surface area (Å²) in [7, 11) is -2.01. The normalized spacial score (nSPS) is 13.4. The number of hydrogen-bond donors (Lipinski definition) is 1. The lowest BCUT2D eigenvalue weighted by Gasteiger charge is -2.19. The maximum absolute atomic E-state index is 12.4. The second kappa shape index (κ2) is 10.3. The first-order chi connectivity index (χ1) is 17.2. The van der Waals surface area contributed by atoms with Crippen LogP contribution in [0.5, 0.6) is 17.2 Å². The molecule has 1 saturated heterocycles. The lowest BCUT2D eigenvalue weighted by molar-refractivity contribution is -0.136. The molecule has 36 heavy (non-hydrogen) atoms. The van der Waals surface area contributed by atoms with Crippen LogP contribution in [0.25, 0.3) is 11.1 Å². The van der Waals surface area contributed by atoms with Gasteiger partial charge in [-0.3, -0.25) is 4.79 Å². The average molecular weight is 512 g/mol. The topological polar surface area (TPSA) is 119 Å². The standard InChI is InChI=1S/C26H25NO8S/c1-33-22-9-7-17(14-25(28)29)13-23(22)35-21-10-8-18(15-19(21)16-27-11-12-34-26(27)30)20-5-3-4-6-24(20)36(2,31)32/h3-10,13,15H,11-12,14,16H2,1-2H3,(H,28,29). The average Bonchev–Trinajstić information content (AvgIpc) is 3.23. The Balaban J connectivity index is 1.79. The van der Waals surface area contributed by atoms with E-state index in [-0.39, 0.29) is 24.5 Å². The number of ether oxygens (including phenoxy) is 3. The van der Waals surface area contributed by atoms with E-state index in [1.807, 2.05) is 0 Å². The zero-order valence-electron chi connectivity index (χ0n) is 19.8. The van der Waals surface area contributed by atoms with Gasteiger partial charge >= 0.3 is 12.1 Å². The Labute approximate surface area is 208 Å². The van der Waals surface area contributed by atoms with E-state index in [2.05, 4.69) is 0 Å². The Morgan fingerprint density at radius 2 is 1.81 bits per heavy atom. The Bertz CT molecular complexity index is 1420. The van der Waals surface area contributed by atoms with Crippen molar-refractivity contribution in [2.24, 2.45) is 0 Å². The monoisotopic (exact) mass is 511 g/mol. The summed E-state index contributed by atoms with van der Waals surface area (Å²) in [4.78, 5) is 25.0. The van der Waals surface area contributed by atoms with E-state index in [4.69, 9.17) is 19.3 Å². The van der Waals surface area contributed by atoms with Gasteiger partial charge in [-0.1, -0.05) is 30.3 Å². The van der Waals surface area contributed by atoms with Crippen LogP contribution >= 0.6 is 0 Å². The minimum absolute atomic E-state index is 0.167. The number of aliphatic carboxylic acids is 1. The summed E-state index contributed by atoms with van der Waals surface area (Å²) in [6.07, 6.45) is 0.512. The quantitative estimate of drug-likeness (QED) is 0.455. The van der Waals surface area contributed by atoms with Crippen molar-refractivity contribution < 1.29 is 37.3 Å². The van der Waals surface area contributed by atoms with E-state index in [0.717, 1.165) is 6.26 Å². The molecule has 0 bridgehead atoms. The van der Waals surface area contributed by atoms with E-state index in [1.165, 1.54) is 12.0 Å². The predicted octanol–water partition coefficient (Wildman–Crippen LogP) is 4.14. The summed E-state index contributed by atoms with van der Waals surface area (Å²) in [5.41, 5.74) is 2.30. The molecule has 1 amide bonds. The van der Waals surface area contributed by atoms with Gasteiger partial charge in [-0.2, -0.15) is 0 Å². The molecule has 9 nitrogen and oxygen atoms in total. The van der Waals surface area contributed by atoms with Gasteiger partial charge in [0.15, 0.2) is 21.3 Å². The summed E-state index contributed by atoms with van der Waals surface area (Å²) in [6.45, 7) is 0.844. The number of sulfone groups is 1. The van der Waals surface area contributed by atoms with Gasteiger partial charge in [0.1, 0.15) is 12.4 Å². The molecule has 0 unspecified atom stereocenters. The van der Waals surface area contributed by atoms with Gasteiger partial charge < -0.3 is 24.2 Å². The number of amides is 1. The predicted molar refractivity (Wildman–Crippen MR) is 131 cm³/mol. The number of carboxylic acid groups (broad SMARTS) is 1. The van der Waals surface area contributed by atoms with Crippen LogP contribution in [0.1, 0.15) is 11.1 Å². The molecular formula is C26H25NO8S. The van der Waals surface area contributed by atoms with Crippen LogP contribution in [-0.2, 0) is 32.3 Å². The first-order valence-electron chi connectivity index (χ1n) is 11.1. The first-order valence-corrected chi connectivity index (χ1v) is 13.0. The number of carbonyl (C=O) groups is 2. The number of benzene rings is 3. The second-order valence-corrected chi connectivity index (χ2v) is 10.3. The molecule has 1 N–H and O–H groups in total. The minimum Gasteiger partial charge on any atom is -0.493 e. The van der Waals surface area contributed by atoms with Gasteiger partial charge in [-0.05, 0) is 41.5 Å². The van der Waals surface area contributed by atoms with Gasteiger partial charge in [-0.15, -0.1) is 0 Å². The molecule has 1 aliphatic rings. The third-order valence-electron chi connectivity index (χ3n) is 5.67. The number of carbonyl (C=O) groups excluding carboxylic acids is 1. The van der Waals surface area contributed by atoms with E-state index in [1.54, 1.807) is 60.7 Å². The molecule has 0 spiro atoms. The highest BCUT2D eigenvalue weighted by Crippen LogP contribution is 2.37. The SMILES string of the molecule is COc1ccc(CC(=O)O)cc1Oc1ccc(-c2ccccc2S(C)(=O)=O)cc1CN1CCOC1=O. The molecule has 0 aliphatic carbocycles. The fourth-order valence-corrected chi connectivity index (χ4v) is 4.89. The molecular weight excluding hydrogens is 486 g/mol. The first kappa shape index (κ1) is 25.1. The molecule has 1 fully saturated rings. The molecule has 3 aromatic carbocycles. The molecule has 0 saturated carbocycles. The smallest absolute Gasteiger partial charge is 0.410 e. The minimum atomic E-state index is -3.49. The van der Waals surface area contributed by atoms with Crippen molar-refractivity contribution in [3.05, 3.63) is 71.8 Å². The number of cyclic esters (lactones) is 1. The fraction of sp³-hybridized carbons (Fsp3) is 0.231. The number of carboxylic acids is 1. The molecule has 0 radical (unpaired) electrons.